The van der Waals surface area contributed by atoms with E-state index in [0.717, 1.165) is 36.6 Å². The largest absolute Gasteiger partial charge is 0.497 e. The number of morpholine rings is 1. The molecule has 18 heavy (non-hydrogen) atoms. The van der Waals surface area contributed by atoms with Crippen molar-refractivity contribution in [2.75, 3.05) is 25.9 Å². The maximum atomic E-state index is 6.02. The fourth-order valence-electron chi connectivity index (χ4n) is 2.50. The molecule has 0 bridgehead atoms. The highest BCUT2D eigenvalue weighted by Crippen LogP contribution is 2.22. The first kappa shape index (κ1) is 13.2. The molecule has 1 aromatic rings. The van der Waals surface area contributed by atoms with Crippen LogP contribution in [0.5, 0.6) is 5.75 Å². The molecular formula is C14H22N2O2. The van der Waals surface area contributed by atoms with E-state index >= 15 is 0 Å². The molecule has 0 amide bonds. The zero-order chi connectivity index (χ0) is 13.1. The number of nitrogens with two attached hydrogens (primary N) is 1. The number of hydrogen-bond acceptors (Lipinski definition) is 4. The number of ether oxygens (including phenoxy) is 2. The van der Waals surface area contributed by atoms with Crippen molar-refractivity contribution < 1.29 is 9.47 Å². The molecule has 2 N–H and O–H groups in total. The van der Waals surface area contributed by atoms with E-state index in [4.69, 9.17) is 15.2 Å². The molecule has 4 heteroatoms. The zero-order valence-electron chi connectivity index (χ0n) is 11.3. The van der Waals surface area contributed by atoms with Gasteiger partial charge in [0.25, 0.3) is 0 Å². The lowest BCUT2D eigenvalue weighted by molar-refractivity contribution is -0.0704. The van der Waals surface area contributed by atoms with Gasteiger partial charge >= 0.3 is 0 Å². The Labute approximate surface area is 109 Å². The average molecular weight is 250 g/mol. The quantitative estimate of drug-likeness (QED) is 0.832. The van der Waals surface area contributed by atoms with Crippen LogP contribution in [0, 0.1) is 0 Å². The molecule has 1 saturated heterocycles. The second-order valence-electron chi connectivity index (χ2n) is 5.02. The summed E-state index contributed by atoms with van der Waals surface area (Å²) in [5.41, 5.74) is 7.96. The topological polar surface area (TPSA) is 47.7 Å². The summed E-state index contributed by atoms with van der Waals surface area (Å²) in [6, 6.07) is 5.81. The Morgan fingerprint density at radius 3 is 2.61 bits per heavy atom. The van der Waals surface area contributed by atoms with Crippen molar-refractivity contribution in [1.82, 2.24) is 4.90 Å². The molecule has 1 aliphatic heterocycles. The van der Waals surface area contributed by atoms with Crippen molar-refractivity contribution in [3.8, 4) is 5.75 Å². The number of methoxy groups -OCH3 is 1. The van der Waals surface area contributed by atoms with Gasteiger partial charge in [0.1, 0.15) is 5.75 Å². The van der Waals surface area contributed by atoms with E-state index in [1.807, 2.05) is 18.2 Å². The minimum Gasteiger partial charge on any atom is -0.497 e. The lowest BCUT2D eigenvalue weighted by Crippen LogP contribution is -2.44. The van der Waals surface area contributed by atoms with Gasteiger partial charge in [-0.15, -0.1) is 0 Å². The maximum Gasteiger partial charge on any atom is 0.119 e. The second-order valence-corrected chi connectivity index (χ2v) is 5.02. The van der Waals surface area contributed by atoms with Gasteiger partial charge in [0.15, 0.2) is 0 Å². The number of anilines is 1. The summed E-state index contributed by atoms with van der Waals surface area (Å²) in [5, 5.41) is 0. The standard InChI is InChI=1S/C14H22N2O2/c1-10-7-16(8-11(2)18-10)9-12-6-13(17-3)4-5-14(12)15/h4-6,10-11H,7-9,15H2,1-3H3/t10-,11+. The Kier molecular flexibility index (Phi) is 4.09. The van der Waals surface area contributed by atoms with Gasteiger partial charge in [-0.3, -0.25) is 4.90 Å². The summed E-state index contributed by atoms with van der Waals surface area (Å²) in [4.78, 5) is 2.38. The molecule has 100 valence electrons. The van der Waals surface area contributed by atoms with Crippen LogP contribution in [0.1, 0.15) is 19.4 Å². The van der Waals surface area contributed by atoms with E-state index in [2.05, 4.69) is 18.7 Å². The average Bonchev–Trinajstić information content (AvgIpc) is 2.30. The normalized spacial score (nSPS) is 25.1. The first-order chi connectivity index (χ1) is 8.58. The number of nitrogens with zero attached hydrogens (tertiary/aromatic N) is 1. The second kappa shape index (κ2) is 5.59. The van der Waals surface area contributed by atoms with Crippen molar-refractivity contribution in [3.05, 3.63) is 23.8 Å². The monoisotopic (exact) mass is 250 g/mol. The first-order valence-corrected chi connectivity index (χ1v) is 6.38. The van der Waals surface area contributed by atoms with Crippen LogP contribution in [0.25, 0.3) is 0 Å². The predicted molar refractivity (Wildman–Crippen MR) is 72.7 cm³/mol. The highest BCUT2D eigenvalue weighted by Gasteiger charge is 2.22. The van der Waals surface area contributed by atoms with Crippen molar-refractivity contribution in [2.45, 2.75) is 32.6 Å². The Hall–Kier alpha value is -1.26. The molecule has 1 aromatic carbocycles. The van der Waals surface area contributed by atoms with Crippen molar-refractivity contribution in [2.24, 2.45) is 0 Å². The van der Waals surface area contributed by atoms with E-state index in [1.54, 1.807) is 7.11 Å². The van der Waals surface area contributed by atoms with Crippen LogP contribution in [0.4, 0.5) is 5.69 Å². The summed E-state index contributed by atoms with van der Waals surface area (Å²) in [6.45, 7) is 6.96. The van der Waals surface area contributed by atoms with Gasteiger partial charge in [-0.1, -0.05) is 0 Å². The molecule has 4 nitrogen and oxygen atoms in total. The van der Waals surface area contributed by atoms with Crippen LogP contribution in [0.15, 0.2) is 18.2 Å². The van der Waals surface area contributed by atoms with Gasteiger partial charge in [0, 0.05) is 25.3 Å². The summed E-state index contributed by atoms with van der Waals surface area (Å²) in [7, 11) is 1.67. The van der Waals surface area contributed by atoms with Crippen molar-refractivity contribution in [1.29, 1.82) is 0 Å². The smallest absolute Gasteiger partial charge is 0.119 e. The Balaban J connectivity index is 2.08. The molecule has 0 spiro atoms. The van der Waals surface area contributed by atoms with E-state index < -0.39 is 0 Å². The molecule has 1 aliphatic rings. The van der Waals surface area contributed by atoms with E-state index in [-0.39, 0.29) is 12.2 Å². The van der Waals surface area contributed by atoms with Crippen LogP contribution in [-0.2, 0) is 11.3 Å². The number of benzene rings is 1. The Morgan fingerprint density at radius 1 is 1.33 bits per heavy atom. The SMILES string of the molecule is COc1ccc(N)c(CN2C[C@@H](C)O[C@@H](C)C2)c1. The van der Waals surface area contributed by atoms with E-state index in [9.17, 15) is 0 Å². The van der Waals surface area contributed by atoms with E-state index in [1.165, 1.54) is 0 Å². The summed E-state index contributed by atoms with van der Waals surface area (Å²) in [6.07, 6.45) is 0.557. The third-order valence-electron chi connectivity index (χ3n) is 3.24. The molecular weight excluding hydrogens is 228 g/mol. The highest BCUT2D eigenvalue weighted by atomic mass is 16.5. The van der Waals surface area contributed by atoms with Crippen LogP contribution in [0.2, 0.25) is 0 Å². The zero-order valence-corrected chi connectivity index (χ0v) is 11.3. The van der Waals surface area contributed by atoms with Crippen LogP contribution < -0.4 is 10.5 Å². The third-order valence-corrected chi connectivity index (χ3v) is 3.24. The van der Waals surface area contributed by atoms with Gasteiger partial charge in [-0.2, -0.15) is 0 Å². The van der Waals surface area contributed by atoms with Gasteiger partial charge in [0.05, 0.1) is 19.3 Å². The first-order valence-electron chi connectivity index (χ1n) is 6.38. The molecule has 2 atom stereocenters. The molecule has 0 radical (unpaired) electrons. The Bertz CT molecular complexity index is 399. The molecule has 1 heterocycles. The molecule has 0 aliphatic carbocycles. The fraction of sp³-hybridized carbons (Fsp3) is 0.571. The molecule has 0 saturated carbocycles. The maximum absolute atomic E-state index is 6.02. The predicted octanol–water partition coefficient (Wildman–Crippen LogP) is 1.89. The van der Waals surface area contributed by atoms with E-state index in [0.29, 0.717) is 0 Å². The van der Waals surface area contributed by atoms with Crippen LogP contribution in [-0.4, -0.2) is 37.3 Å². The summed E-state index contributed by atoms with van der Waals surface area (Å²) >= 11 is 0. The minimum atomic E-state index is 0.278. The Morgan fingerprint density at radius 2 is 2.00 bits per heavy atom. The van der Waals surface area contributed by atoms with Crippen LogP contribution in [0.3, 0.4) is 0 Å². The number of nitrogen functional groups attached to an aromatic ring is 1. The molecule has 0 aromatic heterocycles. The number of hydrogen-bond donors (Lipinski definition) is 1. The van der Waals surface area contributed by atoms with Crippen molar-refractivity contribution in [3.63, 3.8) is 0 Å². The summed E-state index contributed by atoms with van der Waals surface area (Å²) in [5.74, 6) is 0.855. The van der Waals surface area contributed by atoms with Gasteiger partial charge < -0.3 is 15.2 Å². The lowest BCUT2D eigenvalue weighted by atomic mass is 10.1. The lowest BCUT2D eigenvalue weighted by Gasteiger charge is -2.35. The highest BCUT2D eigenvalue weighted by molar-refractivity contribution is 5.50. The van der Waals surface area contributed by atoms with Gasteiger partial charge in [-0.25, -0.2) is 0 Å². The fourth-order valence-corrected chi connectivity index (χ4v) is 2.50. The third kappa shape index (κ3) is 3.15. The molecule has 1 fully saturated rings. The molecule has 2 rings (SSSR count). The summed E-state index contributed by atoms with van der Waals surface area (Å²) < 4.78 is 11.0. The van der Waals surface area contributed by atoms with Crippen molar-refractivity contribution >= 4 is 5.69 Å². The minimum absolute atomic E-state index is 0.278. The molecule has 0 unspecified atom stereocenters. The van der Waals surface area contributed by atoms with Crippen LogP contribution >= 0.6 is 0 Å². The van der Waals surface area contributed by atoms with Gasteiger partial charge in [0.2, 0.25) is 0 Å². The number of rotatable bonds is 3. The van der Waals surface area contributed by atoms with Gasteiger partial charge in [-0.05, 0) is 37.6 Å².